The van der Waals surface area contributed by atoms with Crippen molar-refractivity contribution < 1.29 is 9.47 Å². The summed E-state index contributed by atoms with van der Waals surface area (Å²) in [5.41, 5.74) is 2.68. The van der Waals surface area contributed by atoms with Crippen LogP contribution in [-0.4, -0.2) is 26.5 Å². The summed E-state index contributed by atoms with van der Waals surface area (Å²) >= 11 is 0. The minimum Gasteiger partial charge on any atom is -0.493 e. The second kappa shape index (κ2) is 8.56. The second-order valence-electron chi connectivity index (χ2n) is 7.55. The van der Waals surface area contributed by atoms with Gasteiger partial charge in [-0.1, -0.05) is 30.3 Å². The highest BCUT2D eigenvalue weighted by Gasteiger charge is 2.18. The number of hydrogen-bond acceptors (Lipinski definition) is 6. The summed E-state index contributed by atoms with van der Waals surface area (Å²) in [6.45, 7) is 1.86. The van der Waals surface area contributed by atoms with Crippen molar-refractivity contribution in [2.75, 3.05) is 7.11 Å². The number of nitrogens with one attached hydrogen (secondary N) is 1. The number of fused-ring (bicyclic) bond motifs is 2. The molecular formula is C26H19N5O3. The number of rotatable bonds is 5. The fourth-order valence-electron chi connectivity index (χ4n) is 3.68. The molecule has 2 aromatic carbocycles. The Labute approximate surface area is 194 Å². The summed E-state index contributed by atoms with van der Waals surface area (Å²) in [5, 5.41) is 9.91. The number of nitrogens with zero attached hydrogens (tertiary/aromatic N) is 4. The topological polar surface area (TPSA) is 105 Å². The number of imidazole rings is 1. The van der Waals surface area contributed by atoms with E-state index in [9.17, 15) is 10.1 Å². The number of pyridine rings is 1. The Morgan fingerprint density at radius 1 is 1.06 bits per heavy atom. The van der Waals surface area contributed by atoms with E-state index in [0.717, 1.165) is 11.1 Å². The maximum absolute atomic E-state index is 13.5. The van der Waals surface area contributed by atoms with E-state index < -0.39 is 0 Å². The molecular weight excluding hydrogens is 430 g/mol. The molecule has 1 N–H and O–H groups in total. The van der Waals surface area contributed by atoms with Gasteiger partial charge in [0.25, 0.3) is 5.56 Å². The highest BCUT2D eigenvalue weighted by atomic mass is 16.5. The van der Waals surface area contributed by atoms with Crippen molar-refractivity contribution in [3.8, 4) is 23.4 Å². The van der Waals surface area contributed by atoms with Crippen LogP contribution in [0.25, 0.3) is 28.3 Å². The van der Waals surface area contributed by atoms with Crippen molar-refractivity contribution in [1.29, 1.82) is 5.26 Å². The summed E-state index contributed by atoms with van der Waals surface area (Å²) in [6.07, 6.45) is 3.09. The minimum absolute atomic E-state index is 0.0626. The lowest BCUT2D eigenvalue weighted by Crippen LogP contribution is -2.19. The van der Waals surface area contributed by atoms with Crippen LogP contribution in [-0.2, 0) is 0 Å². The van der Waals surface area contributed by atoms with Crippen LogP contribution < -0.4 is 15.0 Å². The first kappa shape index (κ1) is 21.0. The van der Waals surface area contributed by atoms with Gasteiger partial charge in [-0.3, -0.25) is 9.20 Å². The molecule has 0 atom stereocenters. The molecule has 0 amide bonds. The molecule has 166 valence electrons. The van der Waals surface area contributed by atoms with Crippen molar-refractivity contribution in [1.82, 2.24) is 19.4 Å². The molecule has 0 unspecified atom stereocenters. The Bertz CT molecular complexity index is 1640. The third-order valence-corrected chi connectivity index (χ3v) is 5.38. The molecule has 3 aromatic heterocycles. The van der Waals surface area contributed by atoms with Crippen LogP contribution in [0, 0.1) is 18.3 Å². The molecule has 34 heavy (non-hydrogen) atoms. The monoisotopic (exact) mass is 449 g/mol. The predicted molar refractivity (Wildman–Crippen MR) is 129 cm³/mol. The largest absolute Gasteiger partial charge is 0.493 e. The van der Waals surface area contributed by atoms with Crippen molar-refractivity contribution >= 4 is 28.3 Å². The highest BCUT2D eigenvalue weighted by Crippen LogP contribution is 2.32. The van der Waals surface area contributed by atoms with E-state index >= 15 is 0 Å². The molecule has 0 aliphatic carbocycles. The lowest BCUT2D eigenvalue weighted by Gasteiger charge is -2.13. The molecule has 0 aliphatic heterocycles. The summed E-state index contributed by atoms with van der Waals surface area (Å²) in [7, 11) is 1.53. The van der Waals surface area contributed by atoms with E-state index in [-0.39, 0.29) is 22.6 Å². The maximum Gasteiger partial charge on any atom is 0.269 e. The second-order valence-corrected chi connectivity index (χ2v) is 7.55. The number of benzene rings is 2. The van der Waals surface area contributed by atoms with E-state index in [1.807, 2.05) is 43.3 Å². The number of hydrogen-bond donors (Lipinski definition) is 1. The van der Waals surface area contributed by atoms with Gasteiger partial charge in [-0.15, -0.1) is 0 Å². The van der Waals surface area contributed by atoms with Crippen LogP contribution in [0.3, 0.4) is 0 Å². The quantitative estimate of drug-likeness (QED) is 0.389. The van der Waals surface area contributed by atoms with Gasteiger partial charge in [-0.05, 0) is 48.9 Å². The molecule has 0 spiro atoms. The van der Waals surface area contributed by atoms with Crippen molar-refractivity contribution in [3.05, 3.63) is 94.2 Å². The molecule has 8 heteroatoms. The normalized spacial score (nSPS) is 11.5. The van der Waals surface area contributed by atoms with Gasteiger partial charge in [-0.2, -0.15) is 10.2 Å². The number of aromatic amines is 1. The van der Waals surface area contributed by atoms with Crippen LogP contribution in [0.4, 0.5) is 0 Å². The van der Waals surface area contributed by atoms with Gasteiger partial charge in [0.05, 0.1) is 23.7 Å². The van der Waals surface area contributed by atoms with Gasteiger partial charge in [-0.25, -0.2) is 4.98 Å². The number of H-pyrrole nitrogens is 1. The molecule has 0 saturated heterocycles. The summed E-state index contributed by atoms with van der Waals surface area (Å²) < 4.78 is 12.9. The Morgan fingerprint density at radius 2 is 1.82 bits per heavy atom. The fourth-order valence-corrected chi connectivity index (χ4v) is 3.68. The van der Waals surface area contributed by atoms with Crippen LogP contribution in [0.15, 0.2) is 71.7 Å². The molecule has 0 radical (unpaired) electrons. The van der Waals surface area contributed by atoms with Crippen LogP contribution in [0.1, 0.15) is 17.0 Å². The van der Waals surface area contributed by atoms with Crippen LogP contribution >= 0.6 is 0 Å². The van der Waals surface area contributed by atoms with Gasteiger partial charge in [0.1, 0.15) is 23.1 Å². The van der Waals surface area contributed by atoms with Crippen LogP contribution in [0.5, 0.6) is 17.4 Å². The van der Waals surface area contributed by atoms with E-state index in [1.54, 1.807) is 30.5 Å². The molecule has 8 nitrogen and oxygen atoms in total. The molecule has 0 saturated carbocycles. The van der Waals surface area contributed by atoms with Crippen molar-refractivity contribution in [2.24, 2.45) is 0 Å². The minimum atomic E-state index is -0.373. The Balaban J connectivity index is 1.74. The Hall–Kier alpha value is -4.90. The Kier molecular flexibility index (Phi) is 5.28. The number of aryl methyl sites for hydroxylation is 1. The summed E-state index contributed by atoms with van der Waals surface area (Å²) in [5.74, 6) is 1.29. The average molecular weight is 449 g/mol. The van der Waals surface area contributed by atoms with E-state index in [2.05, 4.69) is 21.0 Å². The van der Waals surface area contributed by atoms with Crippen molar-refractivity contribution in [3.63, 3.8) is 0 Å². The maximum atomic E-state index is 13.5. The lowest BCUT2D eigenvalue weighted by molar-refractivity contribution is 0.374. The SMILES string of the molecule is COc1ccccc1Oc1nc2c(C)cccn2c(=O)c1/C=C(\C#N)c1nc2ccccc2[nH]1. The van der Waals surface area contributed by atoms with E-state index in [0.29, 0.717) is 28.5 Å². The first-order valence-electron chi connectivity index (χ1n) is 10.5. The molecule has 0 bridgehead atoms. The van der Waals surface area contributed by atoms with Gasteiger partial charge in [0.2, 0.25) is 5.88 Å². The molecule has 0 aliphatic rings. The third kappa shape index (κ3) is 3.65. The number of para-hydroxylation sites is 4. The van der Waals surface area contributed by atoms with Gasteiger partial charge >= 0.3 is 0 Å². The zero-order valence-corrected chi connectivity index (χ0v) is 18.4. The first-order valence-corrected chi connectivity index (χ1v) is 10.5. The van der Waals surface area contributed by atoms with Gasteiger partial charge in [0, 0.05) is 6.20 Å². The molecule has 0 fully saturated rings. The number of methoxy groups -OCH3 is 1. The predicted octanol–water partition coefficient (Wildman–Crippen LogP) is 4.74. The summed E-state index contributed by atoms with van der Waals surface area (Å²) in [6, 6.07) is 20.3. The standard InChI is InChI=1S/C26H19N5O3/c1-16-8-7-13-31-24(16)30-25(34-22-12-6-5-11-21(22)33-2)18(26(31)32)14-17(15-27)23-28-19-9-3-4-10-20(19)29-23/h3-14H,1-2H3,(H,28,29)/b17-14+. The zero-order valence-electron chi connectivity index (χ0n) is 18.4. The molecule has 5 rings (SSSR count). The fraction of sp³-hybridized carbons (Fsp3) is 0.0769. The summed E-state index contributed by atoms with van der Waals surface area (Å²) in [4.78, 5) is 25.8. The van der Waals surface area contributed by atoms with Crippen LogP contribution in [0.2, 0.25) is 0 Å². The smallest absolute Gasteiger partial charge is 0.269 e. The van der Waals surface area contributed by atoms with Gasteiger partial charge in [0.15, 0.2) is 11.5 Å². The lowest BCUT2D eigenvalue weighted by atomic mass is 10.1. The zero-order chi connectivity index (χ0) is 23.7. The van der Waals surface area contributed by atoms with Crippen molar-refractivity contribution in [2.45, 2.75) is 6.92 Å². The van der Waals surface area contributed by atoms with E-state index in [4.69, 9.17) is 9.47 Å². The number of aromatic nitrogens is 4. The first-order chi connectivity index (χ1) is 16.6. The highest BCUT2D eigenvalue weighted by molar-refractivity contribution is 5.91. The third-order valence-electron chi connectivity index (χ3n) is 5.38. The molecule has 5 aromatic rings. The van der Waals surface area contributed by atoms with Gasteiger partial charge < -0.3 is 14.5 Å². The number of ether oxygens (including phenoxy) is 2. The number of nitriles is 1. The number of allylic oxidation sites excluding steroid dienone is 1. The molecule has 3 heterocycles. The van der Waals surface area contributed by atoms with E-state index in [1.165, 1.54) is 17.6 Å². The average Bonchev–Trinajstić information content (AvgIpc) is 3.29. The Morgan fingerprint density at radius 3 is 2.59 bits per heavy atom.